The van der Waals surface area contributed by atoms with E-state index in [-0.39, 0.29) is 13.0 Å². The fraction of sp³-hybridized carbons (Fsp3) is 0.286. The van der Waals surface area contributed by atoms with Crippen LogP contribution >= 0.6 is 0 Å². The number of carboxylic acids is 1. The minimum Gasteiger partial charge on any atom is -0.480 e. The first kappa shape index (κ1) is 13.9. The van der Waals surface area contributed by atoms with Gasteiger partial charge in [0.05, 0.1) is 6.10 Å². The van der Waals surface area contributed by atoms with Crippen molar-refractivity contribution in [2.24, 2.45) is 0 Å². The molecule has 0 aliphatic carbocycles. The molecule has 3 N–H and O–H groups in total. The highest BCUT2D eigenvalue weighted by molar-refractivity contribution is 5.93. The molecule has 1 aromatic rings. The quantitative estimate of drug-likeness (QED) is 0.693. The fourth-order valence-electron chi connectivity index (χ4n) is 2.15. The van der Waals surface area contributed by atoms with Crippen LogP contribution in [0.1, 0.15) is 12.0 Å². The van der Waals surface area contributed by atoms with Crippen molar-refractivity contribution in [2.75, 3.05) is 11.9 Å². The third-order valence-corrected chi connectivity index (χ3v) is 3.11. The maximum Gasteiger partial charge on any atom is 0.326 e. The first-order chi connectivity index (χ1) is 9.51. The van der Waals surface area contributed by atoms with Gasteiger partial charge in [0, 0.05) is 24.2 Å². The Morgan fingerprint density at radius 2 is 2.20 bits per heavy atom. The van der Waals surface area contributed by atoms with Crippen molar-refractivity contribution in [1.29, 1.82) is 0 Å². The van der Waals surface area contributed by atoms with Crippen LogP contribution in [0.4, 0.5) is 10.5 Å². The molecule has 20 heavy (non-hydrogen) atoms. The summed E-state index contributed by atoms with van der Waals surface area (Å²) in [6, 6.07) is 5.10. The SMILES string of the molecule is C#Cc1cccc(NC(=O)N2CC(O)C[C@H]2C(=O)O)c1. The van der Waals surface area contributed by atoms with Gasteiger partial charge in [0.15, 0.2) is 0 Å². The van der Waals surface area contributed by atoms with E-state index in [2.05, 4.69) is 11.2 Å². The molecular formula is C14H14N2O4. The Balaban J connectivity index is 2.11. The zero-order valence-electron chi connectivity index (χ0n) is 10.6. The van der Waals surface area contributed by atoms with Gasteiger partial charge in [0.25, 0.3) is 0 Å². The Kier molecular flexibility index (Phi) is 3.91. The van der Waals surface area contributed by atoms with E-state index < -0.39 is 24.1 Å². The lowest BCUT2D eigenvalue weighted by Crippen LogP contribution is -2.43. The minimum atomic E-state index is -1.13. The molecule has 1 aliphatic rings. The molecule has 2 atom stereocenters. The highest BCUT2D eigenvalue weighted by atomic mass is 16.4. The van der Waals surface area contributed by atoms with Gasteiger partial charge in [-0.25, -0.2) is 9.59 Å². The number of aliphatic hydroxyl groups excluding tert-OH is 1. The predicted octanol–water partition coefficient (Wildman–Crippen LogP) is 0.720. The Morgan fingerprint density at radius 1 is 1.45 bits per heavy atom. The molecule has 0 radical (unpaired) electrons. The van der Waals surface area contributed by atoms with Gasteiger partial charge < -0.3 is 20.4 Å². The number of urea groups is 1. The third kappa shape index (κ3) is 2.90. The number of nitrogens with zero attached hydrogens (tertiary/aromatic N) is 1. The Morgan fingerprint density at radius 3 is 2.85 bits per heavy atom. The number of hydrogen-bond acceptors (Lipinski definition) is 3. The molecular weight excluding hydrogens is 260 g/mol. The van der Waals surface area contributed by atoms with E-state index in [0.29, 0.717) is 11.3 Å². The molecule has 1 fully saturated rings. The topological polar surface area (TPSA) is 89.9 Å². The molecule has 1 aromatic carbocycles. The van der Waals surface area contributed by atoms with Gasteiger partial charge >= 0.3 is 12.0 Å². The van der Waals surface area contributed by atoms with Gasteiger partial charge in [-0.15, -0.1) is 6.42 Å². The van der Waals surface area contributed by atoms with Crippen LogP contribution in [0.3, 0.4) is 0 Å². The van der Waals surface area contributed by atoms with Crippen LogP contribution < -0.4 is 5.32 Å². The maximum atomic E-state index is 12.1. The molecule has 2 rings (SSSR count). The second-order valence-electron chi connectivity index (χ2n) is 4.55. The average molecular weight is 274 g/mol. The number of carbonyl (C=O) groups is 2. The van der Waals surface area contributed by atoms with Crippen molar-refractivity contribution >= 4 is 17.7 Å². The summed E-state index contributed by atoms with van der Waals surface area (Å²) in [6.45, 7) is -0.00235. The smallest absolute Gasteiger partial charge is 0.326 e. The van der Waals surface area contributed by atoms with Crippen LogP contribution in [0.25, 0.3) is 0 Å². The summed E-state index contributed by atoms with van der Waals surface area (Å²) in [5, 5.41) is 21.1. The van der Waals surface area contributed by atoms with Crippen LogP contribution in [-0.2, 0) is 4.79 Å². The second-order valence-corrected chi connectivity index (χ2v) is 4.55. The summed E-state index contributed by atoms with van der Waals surface area (Å²) in [6.07, 6.45) is 4.48. The average Bonchev–Trinajstić information content (AvgIpc) is 2.81. The van der Waals surface area contributed by atoms with Crippen molar-refractivity contribution < 1.29 is 19.8 Å². The number of hydrogen-bond donors (Lipinski definition) is 3. The number of benzene rings is 1. The molecule has 1 unspecified atom stereocenters. The third-order valence-electron chi connectivity index (χ3n) is 3.11. The van der Waals surface area contributed by atoms with Gasteiger partial charge in [-0.2, -0.15) is 0 Å². The van der Waals surface area contributed by atoms with Crippen molar-refractivity contribution in [3.63, 3.8) is 0 Å². The molecule has 2 amide bonds. The number of nitrogens with one attached hydrogen (secondary N) is 1. The number of carboxylic acid groups (broad SMARTS) is 1. The van der Waals surface area contributed by atoms with E-state index >= 15 is 0 Å². The zero-order chi connectivity index (χ0) is 14.7. The van der Waals surface area contributed by atoms with Crippen molar-refractivity contribution in [3.8, 4) is 12.3 Å². The molecule has 104 valence electrons. The van der Waals surface area contributed by atoms with Gasteiger partial charge in [-0.05, 0) is 18.2 Å². The number of aliphatic hydroxyl groups is 1. The number of likely N-dealkylation sites (tertiary alicyclic amines) is 1. The van der Waals surface area contributed by atoms with E-state index in [0.717, 1.165) is 4.90 Å². The molecule has 1 aliphatic heterocycles. The van der Waals surface area contributed by atoms with Crippen LogP contribution in [0.2, 0.25) is 0 Å². The summed E-state index contributed by atoms with van der Waals surface area (Å²) < 4.78 is 0. The lowest BCUT2D eigenvalue weighted by molar-refractivity contribution is -0.141. The van der Waals surface area contributed by atoms with Crippen LogP contribution in [0.5, 0.6) is 0 Å². The highest BCUT2D eigenvalue weighted by Crippen LogP contribution is 2.20. The summed E-state index contributed by atoms with van der Waals surface area (Å²) in [5.74, 6) is 1.31. The first-order valence-electron chi connectivity index (χ1n) is 6.06. The maximum absolute atomic E-state index is 12.1. The fourth-order valence-corrected chi connectivity index (χ4v) is 2.15. The Bertz CT molecular complexity index is 579. The van der Waals surface area contributed by atoms with Gasteiger partial charge in [-0.1, -0.05) is 12.0 Å². The van der Waals surface area contributed by atoms with E-state index in [1.165, 1.54) is 0 Å². The van der Waals surface area contributed by atoms with E-state index in [4.69, 9.17) is 11.5 Å². The summed E-state index contributed by atoms with van der Waals surface area (Å²) in [7, 11) is 0. The predicted molar refractivity (Wildman–Crippen MR) is 72.1 cm³/mol. The Hall–Kier alpha value is -2.52. The second kappa shape index (κ2) is 5.63. The number of aliphatic carboxylic acids is 1. The minimum absolute atomic E-state index is 0.00235. The molecule has 0 aromatic heterocycles. The number of carbonyl (C=O) groups excluding carboxylic acids is 1. The van der Waals surface area contributed by atoms with E-state index in [1.54, 1.807) is 24.3 Å². The van der Waals surface area contributed by atoms with Gasteiger partial charge in [-0.3, -0.25) is 0 Å². The number of amides is 2. The Labute approximate surface area is 116 Å². The van der Waals surface area contributed by atoms with Crippen LogP contribution in [0.15, 0.2) is 24.3 Å². The standard InChI is InChI=1S/C14H14N2O4/c1-2-9-4-3-5-10(6-9)15-14(20)16-8-11(17)7-12(16)13(18)19/h1,3-6,11-12,17H,7-8H2,(H,15,20)(H,18,19)/t11?,12-/m0/s1. The van der Waals surface area contributed by atoms with Crippen LogP contribution in [-0.4, -0.2) is 45.8 Å². The molecule has 0 bridgehead atoms. The highest BCUT2D eigenvalue weighted by Gasteiger charge is 2.38. The number of rotatable bonds is 2. The summed E-state index contributed by atoms with van der Waals surface area (Å²) in [5.41, 5.74) is 1.09. The molecule has 1 heterocycles. The zero-order valence-corrected chi connectivity index (χ0v) is 10.6. The number of anilines is 1. The van der Waals surface area contributed by atoms with Gasteiger partial charge in [0.2, 0.25) is 0 Å². The molecule has 1 saturated heterocycles. The van der Waals surface area contributed by atoms with Crippen LogP contribution in [0, 0.1) is 12.3 Å². The number of terminal acetylenes is 1. The summed E-state index contributed by atoms with van der Waals surface area (Å²) >= 11 is 0. The normalized spacial score (nSPS) is 21.3. The van der Waals surface area contributed by atoms with Crippen molar-refractivity contribution in [1.82, 2.24) is 4.90 Å². The lowest BCUT2D eigenvalue weighted by atomic mass is 10.2. The van der Waals surface area contributed by atoms with E-state index in [1.807, 2.05) is 0 Å². The molecule has 6 nitrogen and oxygen atoms in total. The van der Waals surface area contributed by atoms with Gasteiger partial charge in [0.1, 0.15) is 6.04 Å². The molecule has 6 heteroatoms. The monoisotopic (exact) mass is 274 g/mol. The summed E-state index contributed by atoms with van der Waals surface area (Å²) in [4.78, 5) is 24.2. The lowest BCUT2D eigenvalue weighted by Gasteiger charge is -2.21. The number of β-amino-alcohol motifs (C(OH)–C–C–N with tert-alkyl or cyclic N) is 1. The molecule has 0 saturated carbocycles. The van der Waals surface area contributed by atoms with Crippen molar-refractivity contribution in [3.05, 3.63) is 29.8 Å². The van der Waals surface area contributed by atoms with E-state index in [9.17, 15) is 14.7 Å². The largest absolute Gasteiger partial charge is 0.480 e. The first-order valence-corrected chi connectivity index (χ1v) is 6.06. The van der Waals surface area contributed by atoms with Crippen molar-refractivity contribution in [2.45, 2.75) is 18.6 Å². The molecule has 0 spiro atoms.